The first-order valence-corrected chi connectivity index (χ1v) is 9.84. The molecule has 4 rings (SSSR count). The van der Waals surface area contributed by atoms with Crippen LogP contribution in [-0.2, 0) is 11.3 Å². The molecule has 30 heavy (non-hydrogen) atoms. The fourth-order valence-electron chi connectivity index (χ4n) is 3.37. The Labute approximate surface area is 182 Å². The van der Waals surface area contributed by atoms with E-state index in [1.54, 1.807) is 12.1 Å². The summed E-state index contributed by atoms with van der Waals surface area (Å²) in [7, 11) is 0. The Bertz CT molecular complexity index is 1250. The molecule has 8 heteroatoms. The number of amides is 1. The smallest absolute Gasteiger partial charge is 0.298 e. The number of nitrogens with zero attached hydrogens (tertiary/aromatic N) is 3. The quantitative estimate of drug-likeness (QED) is 0.354. The van der Waals surface area contributed by atoms with E-state index in [1.807, 2.05) is 41.8 Å². The Morgan fingerprint density at radius 2 is 1.77 bits per heavy atom. The van der Waals surface area contributed by atoms with E-state index >= 15 is 0 Å². The van der Waals surface area contributed by atoms with Gasteiger partial charge in [0.15, 0.2) is 0 Å². The first-order valence-electron chi connectivity index (χ1n) is 9.08. The van der Waals surface area contributed by atoms with Gasteiger partial charge in [0.05, 0.1) is 5.56 Å². The number of hydrogen-bond donors (Lipinski definition) is 1. The molecule has 0 saturated heterocycles. The van der Waals surface area contributed by atoms with Gasteiger partial charge in [0.1, 0.15) is 12.1 Å². The number of hydrogen-bond acceptors (Lipinski definition) is 4. The summed E-state index contributed by atoms with van der Waals surface area (Å²) in [5, 5.41) is 4.27. The molecule has 0 atom stereocenters. The van der Waals surface area contributed by atoms with E-state index in [4.69, 9.17) is 23.2 Å². The minimum absolute atomic E-state index is 0.254. The molecule has 2 heterocycles. The van der Waals surface area contributed by atoms with Crippen LogP contribution in [0.5, 0.6) is 0 Å². The molecule has 0 saturated carbocycles. The average Bonchev–Trinajstić information content (AvgIpc) is 3.00. The summed E-state index contributed by atoms with van der Waals surface area (Å²) in [5.41, 5.74) is 2.81. The maximum atomic E-state index is 13.1. The van der Waals surface area contributed by atoms with Crippen LogP contribution in [0.1, 0.15) is 21.6 Å². The number of halogens is 2. The summed E-state index contributed by atoms with van der Waals surface area (Å²) >= 11 is 12.2. The summed E-state index contributed by atoms with van der Waals surface area (Å²) in [6.07, 6.45) is 2.78. The number of anilines is 1. The fourth-order valence-corrected chi connectivity index (χ4v) is 3.67. The van der Waals surface area contributed by atoms with Gasteiger partial charge in [-0.15, -0.1) is 0 Å². The molecule has 2 aromatic heterocycles. The van der Waals surface area contributed by atoms with Gasteiger partial charge < -0.3 is 9.88 Å². The van der Waals surface area contributed by atoms with Crippen molar-refractivity contribution < 1.29 is 9.59 Å². The van der Waals surface area contributed by atoms with Crippen LogP contribution in [0.3, 0.4) is 0 Å². The third kappa shape index (κ3) is 3.92. The molecule has 1 amide bonds. The van der Waals surface area contributed by atoms with E-state index in [0.717, 1.165) is 11.1 Å². The molecule has 150 valence electrons. The van der Waals surface area contributed by atoms with Crippen LogP contribution in [0.2, 0.25) is 10.0 Å². The molecule has 0 spiro atoms. The SMILES string of the molecule is Cc1c(C(=O)C(=O)Nc2ccncn2)c2cc(Cl)ccc2n1Cc1ccc(Cl)cc1. The van der Waals surface area contributed by atoms with E-state index in [-0.39, 0.29) is 5.82 Å². The summed E-state index contributed by atoms with van der Waals surface area (Å²) in [5.74, 6) is -1.18. The molecular weight excluding hydrogens is 423 g/mol. The molecule has 0 aliphatic carbocycles. The Hall–Kier alpha value is -3.22. The molecule has 6 nitrogen and oxygen atoms in total. The Morgan fingerprint density at radius 3 is 2.47 bits per heavy atom. The van der Waals surface area contributed by atoms with Crippen LogP contribution < -0.4 is 5.32 Å². The predicted octanol–water partition coefficient (Wildman–Crippen LogP) is 4.92. The van der Waals surface area contributed by atoms with Gasteiger partial charge in [-0.25, -0.2) is 9.97 Å². The normalized spacial score (nSPS) is 10.9. The lowest BCUT2D eigenvalue weighted by Gasteiger charge is -2.09. The molecule has 0 aliphatic rings. The van der Waals surface area contributed by atoms with Crippen LogP contribution >= 0.6 is 23.2 Å². The first-order chi connectivity index (χ1) is 14.4. The zero-order valence-electron chi connectivity index (χ0n) is 15.9. The van der Waals surface area contributed by atoms with E-state index in [2.05, 4.69) is 15.3 Å². The third-order valence-corrected chi connectivity index (χ3v) is 5.28. The molecule has 0 unspecified atom stereocenters. The molecule has 0 aliphatic heterocycles. The first kappa shape index (κ1) is 20.1. The highest BCUT2D eigenvalue weighted by atomic mass is 35.5. The fraction of sp³-hybridized carbons (Fsp3) is 0.0909. The number of aromatic nitrogens is 3. The number of nitrogens with one attached hydrogen (secondary N) is 1. The van der Waals surface area contributed by atoms with Crippen LogP contribution in [0.25, 0.3) is 10.9 Å². The van der Waals surface area contributed by atoms with Crippen LogP contribution in [0.4, 0.5) is 5.82 Å². The maximum absolute atomic E-state index is 13.1. The largest absolute Gasteiger partial charge is 0.340 e. The minimum Gasteiger partial charge on any atom is -0.340 e. The number of ketones is 1. The van der Waals surface area contributed by atoms with Crippen molar-refractivity contribution in [3.8, 4) is 0 Å². The highest BCUT2D eigenvalue weighted by molar-refractivity contribution is 6.48. The molecule has 0 radical (unpaired) electrons. The van der Waals surface area contributed by atoms with Gasteiger partial charge in [0.25, 0.3) is 11.7 Å². The number of Topliss-reactive ketones (excluding diaryl/α,β-unsaturated/α-hetero) is 1. The van der Waals surface area contributed by atoms with Crippen molar-refractivity contribution in [3.63, 3.8) is 0 Å². The number of fused-ring (bicyclic) bond motifs is 1. The van der Waals surface area contributed by atoms with Gasteiger partial charge in [-0.05, 0) is 48.9 Å². The lowest BCUT2D eigenvalue weighted by atomic mass is 10.1. The zero-order valence-corrected chi connectivity index (χ0v) is 17.4. The van der Waals surface area contributed by atoms with Crippen molar-refractivity contribution in [1.29, 1.82) is 0 Å². The van der Waals surface area contributed by atoms with E-state index in [1.165, 1.54) is 18.6 Å². The van der Waals surface area contributed by atoms with E-state index in [0.29, 0.717) is 33.2 Å². The Balaban J connectivity index is 1.76. The molecule has 0 fully saturated rings. The second-order valence-corrected chi connectivity index (χ2v) is 7.59. The molecule has 0 bridgehead atoms. The van der Waals surface area contributed by atoms with Crippen LogP contribution in [0, 0.1) is 6.92 Å². The molecule has 4 aromatic rings. The van der Waals surface area contributed by atoms with Gasteiger partial charge in [-0.1, -0.05) is 35.3 Å². The third-order valence-electron chi connectivity index (χ3n) is 4.80. The van der Waals surface area contributed by atoms with E-state index < -0.39 is 11.7 Å². The Kier molecular flexibility index (Phi) is 5.53. The lowest BCUT2D eigenvalue weighted by Crippen LogP contribution is -2.24. The maximum Gasteiger partial charge on any atom is 0.298 e. The van der Waals surface area contributed by atoms with Gasteiger partial charge in [0, 0.05) is 39.4 Å². The molecule has 1 N–H and O–H groups in total. The van der Waals surface area contributed by atoms with Crippen molar-refractivity contribution in [2.45, 2.75) is 13.5 Å². The lowest BCUT2D eigenvalue weighted by molar-refractivity contribution is -0.112. The van der Waals surface area contributed by atoms with Crippen molar-refractivity contribution >= 4 is 51.6 Å². The zero-order chi connectivity index (χ0) is 21.3. The van der Waals surface area contributed by atoms with Gasteiger partial charge in [-0.3, -0.25) is 9.59 Å². The molecule has 2 aromatic carbocycles. The van der Waals surface area contributed by atoms with Crippen molar-refractivity contribution in [1.82, 2.24) is 14.5 Å². The van der Waals surface area contributed by atoms with Gasteiger partial charge in [-0.2, -0.15) is 0 Å². The highest BCUT2D eigenvalue weighted by Gasteiger charge is 2.25. The molecular formula is C22H16Cl2N4O2. The van der Waals surface area contributed by atoms with E-state index in [9.17, 15) is 9.59 Å². The van der Waals surface area contributed by atoms with Crippen molar-refractivity contribution in [2.75, 3.05) is 5.32 Å². The summed E-state index contributed by atoms with van der Waals surface area (Å²) in [6, 6.07) is 14.3. The van der Waals surface area contributed by atoms with Crippen molar-refractivity contribution in [2.24, 2.45) is 0 Å². The van der Waals surface area contributed by atoms with Crippen LogP contribution in [0.15, 0.2) is 61.1 Å². The predicted molar refractivity (Wildman–Crippen MR) is 117 cm³/mol. The number of carbonyl (C=O) groups is 2. The minimum atomic E-state index is -0.776. The number of rotatable bonds is 5. The van der Waals surface area contributed by atoms with Gasteiger partial charge in [0.2, 0.25) is 0 Å². The van der Waals surface area contributed by atoms with Gasteiger partial charge >= 0.3 is 0 Å². The summed E-state index contributed by atoms with van der Waals surface area (Å²) < 4.78 is 1.99. The summed E-state index contributed by atoms with van der Waals surface area (Å²) in [4.78, 5) is 33.4. The van der Waals surface area contributed by atoms with Crippen molar-refractivity contribution in [3.05, 3.63) is 87.9 Å². The topological polar surface area (TPSA) is 76.9 Å². The standard InChI is InChI=1S/C22H16Cl2N4O2/c1-13-20(21(29)22(30)27-19-8-9-25-12-26-19)17-10-16(24)6-7-18(17)28(13)11-14-2-4-15(23)5-3-14/h2-10,12H,11H2,1H3,(H,25,26,27,30). The highest BCUT2D eigenvalue weighted by Crippen LogP contribution is 2.30. The average molecular weight is 439 g/mol. The second kappa shape index (κ2) is 8.26. The second-order valence-electron chi connectivity index (χ2n) is 6.71. The summed E-state index contributed by atoms with van der Waals surface area (Å²) in [6.45, 7) is 2.33. The Morgan fingerprint density at radius 1 is 1.03 bits per heavy atom. The number of carbonyl (C=O) groups excluding carboxylic acids is 2. The van der Waals surface area contributed by atoms with Crippen LogP contribution in [-0.4, -0.2) is 26.2 Å². The monoisotopic (exact) mass is 438 g/mol. The number of benzene rings is 2.